The zero-order chi connectivity index (χ0) is 20.2. The van der Waals surface area contributed by atoms with Crippen LogP contribution in [0, 0.1) is 11.8 Å². The van der Waals surface area contributed by atoms with Gasteiger partial charge in [-0.25, -0.2) is 0 Å². The molecule has 4 rings (SSSR count). The van der Waals surface area contributed by atoms with Crippen molar-refractivity contribution in [2.75, 3.05) is 19.6 Å². The highest BCUT2D eigenvalue weighted by Crippen LogP contribution is 2.37. The Morgan fingerprint density at radius 1 is 0.966 bits per heavy atom. The Balaban J connectivity index is 1.24. The summed E-state index contributed by atoms with van der Waals surface area (Å²) in [5.41, 5.74) is 1.28. The average molecular weight is 398 g/mol. The topological polar surface area (TPSA) is 69.7 Å². The number of nitrogens with one attached hydrogen (secondary N) is 1. The Bertz CT molecular complexity index is 727. The second-order valence-corrected chi connectivity index (χ2v) is 8.70. The van der Waals surface area contributed by atoms with E-state index in [1.54, 1.807) is 0 Å². The van der Waals surface area contributed by atoms with Gasteiger partial charge in [-0.05, 0) is 37.8 Å². The predicted octanol–water partition coefficient (Wildman–Crippen LogP) is 2.33. The summed E-state index contributed by atoms with van der Waals surface area (Å²) in [5, 5.41) is 3.12. The number of carbonyl (C=O) groups excluding carboxylic acids is 3. The van der Waals surface area contributed by atoms with E-state index in [-0.39, 0.29) is 48.6 Å². The minimum absolute atomic E-state index is 0.0563. The van der Waals surface area contributed by atoms with E-state index in [4.69, 9.17) is 0 Å². The van der Waals surface area contributed by atoms with Gasteiger partial charge in [-0.1, -0.05) is 43.2 Å². The Labute approximate surface area is 172 Å². The van der Waals surface area contributed by atoms with Crippen molar-refractivity contribution in [3.63, 3.8) is 0 Å². The number of hydrogen-bond acceptors (Lipinski definition) is 4. The van der Waals surface area contributed by atoms with Gasteiger partial charge in [-0.3, -0.25) is 24.2 Å². The number of piperidine rings is 1. The Kier molecular flexibility index (Phi) is 6.28. The lowest BCUT2D eigenvalue weighted by atomic mass is 9.81. The molecule has 0 radical (unpaired) electrons. The number of carbonyl (C=O) groups is 3. The fraction of sp³-hybridized carbons (Fsp3) is 0.609. The zero-order valence-electron chi connectivity index (χ0n) is 17.0. The molecule has 6 nitrogen and oxygen atoms in total. The lowest BCUT2D eigenvalue weighted by Gasteiger charge is -2.33. The molecule has 156 valence electrons. The van der Waals surface area contributed by atoms with E-state index in [2.05, 4.69) is 34.5 Å². The molecule has 1 aliphatic carbocycles. The van der Waals surface area contributed by atoms with Crippen LogP contribution in [0.2, 0.25) is 0 Å². The van der Waals surface area contributed by atoms with Gasteiger partial charge in [0.15, 0.2) is 0 Å². The van der Waals surface area contributed by atoms with Crippen molar-refractivity contribution in [2.45, 2.75) is 57.5 Å². The number of hydrogen-bond donors (Lipinski definition) is 1. The molecular formula is C23H31N3O3. The van der Waals surface area contributed by atoms with Crippen LogP contribution in [0.4, 0.5) is 0 Å². The highest BCUT2D eigenvalue weighted by Gasteiger charge is 2.47. The number of imide groups is 1. The minimum atomic E-state index is -0.135. The molecule has 0 bridgehead atoms. The summed E-state index contributed by atoms with van der Waals surface area (Å²) >= 11 is 0. The Morgan fingerprint density at radius 3 is 2.34 bits per heavy atom. The smallest absolute Gasteiger partial charge is 0.233 e. The van der Waals surface area contributed by atoms with E-state index in [0.717, 1.165) is 58.2 Å². The molecule has 1 saturated carbocycles. The molecule has 2 saturated heterocycles. The van der Waals surface area contributed by atoms with Crippen LogP contribution in [0.3, 0.4) is 0 Å². The number of amides is 3. The van der Waals surface area contributed by atoms with Crippen LogP contribution < -0.4 is 5.32 Å². The Morgan fingerprint density at radius 2 is 1.66 bits per heavy atom. The molecule has 1 N–H and O–H groups in total. The van der Waals surface area contributed by atoms with E-state index in [0.29, 0.717) is 0 Å². The lowest BCUT2D eigenvalue weighted by Crippen LogP contribution is -2.48. The summed E-state index contributed by atoms with van der Waals surface area (Å²) in [5.74, 6) is -0.446. The quantitative estimate of drug-likeness (QED) is 0.748. The number of likely N-dealkylation sites (tertiary alicyclic amines) is 2. The molecule has 3 amide bonds. The molecule has 29 heavy (non-hydrogen) atoms. The van der Waals surface area contributed by atoms with Crippen LogP contribution in [-0.4, -0.2) is 53.2 Å². The normalized spacial score (nSPS) is 27.7. The van der Waals surface area contributed by atoms with E-state index in [1.165, 1.54) is 10.5 Å². The summed E-state index contributed by atoms with van der Waals surface area (Å²) in [4.78, 5) is 41.3. The van der Waals surface area contributed by atoms with Crippen molar-refractivity contribution < 1.29 is 14.4 Å². The van der Waals surface area contributed by atoms with Gasteiger partial charge in [0, 0.05) is 32.1 Å². The van der Waals surface area contributed by atoms with Gasteiger partial charge >= 0.3 is 0 Å². The molecule has 3 aliphatic rings. The van der Waals surface area contributed by atoms with E-state index in [1.807, 2.05) is 6.07 Å². The van der Waals surface area contributed by atoms with Crippen molar-refractivity contribution in [3.05, 3.63) is 35.9 Å². The second kappa shape index (κ2) is 9.08. The van der Waals surface area contributed by atoms with Crippen molar-refractivity contribution >= 4 is 17.7 Å². The molecule has 3 atom stereocenters. The van der Waals surface area contributed by atoms with Crippen molar-refractivity contribution in [2.24, 2.45) is 11.8 Å². The van der Waals surface area contributed by atoms with Crippen molar-refractivity contribution in [1.29, 1.82) is 0 Å². The van der Waals surface area contributed by atoms with Crippen LogP contribution in [0.15, 0.2) is 30.3 Å². The molecule has 0 aromatic heterocycles. The summed E-state index contributed by atoms with van der Waals surface area (Å²) in [6.45, 7) is 3.00. The SMILES string of the molecule is O=C(CCN1C(=O)[C@H]2CCCC[C@H]2C1=O)N[C@H]1CCCN(Cc2ccccc2)C1. The third kappa shape index (κ3) is 4.69. The summed E-state index contributed by atoms with van der Waals surface area (Å²) in [7, 11) is 0. The van der Waals surface area contributed by atoms with Gasteiger partial charge in [0.05, 0.1) is 11.8 Å². The van der Waals surface area contributed by atoms with Crippen molar-refractivity contribution in [3.8, 4) is 0 Å². The first-order chi connectivity index (χ1) is 14.1. The first-order valence-corrected chi connectivity index (χ1v) is 11.0. The molecule has 1 aromatic rings. The third-order valence-electron chi connectivity index (χ3n) is 6.61. The number of nitrogens with zero attached hydrogens (tertiary/aromatic N) is 2. The fourth-order valence-corrected chi connectivity index (χ4v) is 5.12. The molecule has 2 heterocycles. The van der Waals surface area contributed by atoms with Crippen LogP contribution >= 0.6 is 0 Å². The number of rotatable bonds is 6. The van der Waals surface area contributed by atoms with Gasteiger partial charge in [-0.2, -0.15) is 0 Å². The first-order valence-electron chi connectivity index (χ1n) is 11.0. The van der Waals surface area contributed by atoms with E-state index < -0.39 is 0 Å². The van der Waals surface area contributed by atoms with Crippen molar-refractivity contribution in [1.82, 2.24) is 15.1 Å². The predicted molar refractivity (Wildman–Crippen MR) is 110 cm³/mol. The molecule has 6 heteroatoms. The maximum atomic E-state index is 12.5. The standard InChI is InChI=1S/C23H31N3O3/c27-21(12-14-26-22(28)19-10-4-5-11-20(19)23(26)29)24-18-9-6-13-25(16-18)15-17-7-2-1-3-8-17/h1-3,7-8,18-20H,4-6,9-16H2,(H,24,27)/t18-,19-,20+/m0/s1. The molecule has 0 spiro atoms. The number of benzene rings is 1. The van der Waals surface area contributed by atoms with Crippen LogP contribution in [0.5, 0.6) is 0 Å². The summed E-state index contributed by atoms with van der Waals surface area (Å²) in [6.07, 6.45) is 5.92. The monoisotopic (exact) mass is 397 g/mol. The third-order valence-corrected chi connectivity index (χ3v) is 6.61. The lowest BCUT2D eigenvalue weighted by molar-refractivity contribution is -0.140. The highest BCUT2D eigenvalue weighted by atomic mass is 16.2. The zero-order valence-corrected chi connectivity index (χ0v) is 17.0. The molecule has 2 aliphatic heterocycles. The highest BCUT2D eigenvalue weighted by molar-refractivity contribution is 6.05. The molecule has 3 fully saturated rings. The van der Waals surface area contributed by atoms with E-state index >= 15 is 0 Å². The average Bonchev–Trinajstić information content (AvgIpc) is 2.98. The molecular weight excluding hydrogens is 366 g/mol. The summed E-state index contributed by atoms with van der Waals surface area (Å²) in [6, 6.07) is 10.5. The van der Waals surface area contributed by atoms with Gasteiger partial charge in [0.1, 0.15) is 0 Å². The molecule has 1 aromatic carbocycles. The van der Waals surface area contributed by atoms with Gasteiger partial charge in [0.25, 0.3) is 0 Å². The second-order valence-electron chi connectivity index (χ2n) is 8.70. The van der Waals surface area contributed by atoms with Gasteiger partial charge in [-0.15, -0.1) is 0 Å². The summed E-state index contributed by atoms with van der Waals surface area (Å²) < 4.78 is 0. The molecule has 0 unspecified atom stereocenters. The maximum absolute atomic E-state index is 12.5. The van der Waals surface area contributed by atoms with Gasteiger partial charge < -0.3 is 5.32 Å². The fourth-order valence-electron chi connectivity index (χ4n) is 5.12. The van der Waals surface area contributed by atoms with Crippen LogP contribution in [0.1, 0.15) is 50.5 Å². The Hall–Kier alpha value is -2.21. The number of fused-ring (bicyclic) bond motifs is 1. The maximum Gasteiger partial charge on any atom is 0.233 e. The van der Waals surface area contributed by atoms with Crippen LogP contribution in [-0.2, 0) is 20.9 Å². The minimum Gasteiger partial charge on any atom is -0.352 e. The first kappa shape index (κ1) is 20.1. The van der Waals surface area contributed by atoms with Crippen LogP contribution in [0.25, 0.3) is 0 Å². The van der Waals surface area contributed by atoms with E-state index in [9.17, 15) is 14.4 Å². The van der Waals surface area contributed by atoms with Gasteiger partial charge in [0.2, 0.25) is 17.7 Å². The largest absolute Gasteiger partial charge is 0.352 e.